The van der Waals surface area contributed by atoms with Crippen LogP contribution < -0.4 is 5.32 Å². The Morgan fingerprint density at radius 2 is 2.22 bits per heavy atom. The number of aliphatic carboxylic acids is 1. The molecule has 0 fully saturated rings. The summed E-state index contributed by atoms with van der Waals surface area (Å²) in [5, 5.41) is 11.4. The van der Waals surface area contributed by atoms with E-state index in [2.05, 4.69) is 5.32 Å². The molecule has 0 aliphatic rings. The van der Waals surface area contributed by atoms with E-state index in [9.17, 15) is 9.59 Å². The number of rotatable bonds is 8. The zero-order valence-electron chi connectivity index (χ0n) is 10.3. The van der Waals surface area contributed by atoms with Crippen molar-refractivity contribution in [3.05, 3.63) is 23.7 Å². The standard InChI is InChI=1S/C12H17NO5/c1-17-6-3-2-5-13-12(16)9-4-7-18-10(9)8-11(14)15/h4,7H,2-3,5-6,8H2,1H3,(H,13,16)(H,14,15). The second kappa shape index (κ2) is 7.50. The molecule has 0 radical (unpaired) electrons. The van der Waals surface area contributed by atoms with Crippen LogP contribution in [0, 0.1) is 0 Å². The minimum atomic E-state index is -1.03. The highest BCUT2D eigenvalue weighted by atomic mass is 16.5. The van der Waals surface area contributed by atoms with Crippen LogP contribution >= 0.6 is 0 Å². The Labute approximate surface area is 105 Å². The second-order valence-electron chi connectivity index (χ2n) is 3.78. The predicted molar refractivity (Wildman–Crippen MR) is 63.5 cm³/mol. The van der Waals surface area contributed by atoms with Gasteiger partial charge in [0.2, 0.25) is 0 Å². The predicted octanol–water partition coefficient (Wildman–Crippen LogP) is 1.06. The van der Waals surface area contributed by atoms with E-state index in [0.29, 0.717) is 13.2 Å². The molecule has 0 spiro atoms. The van der Waals surface area contributed by atoms with Gasteiger partial charge in [-0.25, -0.2) is 0 Å². The molecule has 1 aromatic heterocycles. The van der Waals surface area contributed by atoms with Crippen LogP contribution in [0.2, 0.25) is 0 Å². The smallest absolute Gasteiger partial charge is 0.311 e. The van der Waals surface area contributed by atoms with E-state index in [1.807, 2.05) is 0 Å². The summed E-state index contributed by atoms with van der Waals surface area (Å²) < 4.78 is 9.87. The van der Waals surface area contributed by atoms with Crippen LogP contribution in [0.3, 0.4) is 0 Å². The summed E-state index contributed by atoms with van der Waals surface area (Å²) in [6.45, 7) is 1.19. The van der Waals surface area contributed by atoms with Gasteiger partial charge in [0.25, 0.3) is 5.91 Å². The van der Waals surface area contributed by atoms with Gasteiger partial charge < -0.3 is 19.6 Å². The number of carbonyl (C=O) groups excluding carboxylic acids is 1. The van der Waals surface area contributed by atoms with Crippen molar-refractivity contribution in [2.45, 2.75) is 19.3 Å². The Bertz CT molecular complexity index is 399. The van der Waals surface area contributed by atoms with Gasteiger partial charge in [-0.2, -0.15) is 0 Å². The number of unbranched alkanes of at least 4 members (excludes halogenated alkanes) is 1. The minimum Gasteiger partial charge on any atom is -0.481 e. The van der Waals surface area contributed by atoms with E-state index in [0.717, 1.165) is 12.8 Å². The van der Waals surface area contributed by atoms with Crippen LogP contribution in [0.1, 0.15) is 29.0 Å². The fraction of sp³-hybridized carbons (Fsp3) is 0.500. The highest BCUT2D eigenvalue weighted by molar-refractivity contribution is 5.95. The van der Waals surface area contributed by atoms with E-state index in [1.54, 1.807) is 7.11 Å². The fourth-order valence-electron chi connectivity index (χ4n) is 1.49. The summed E-state index contributed by atoms with van der Waals surface area (Å²) in [6, 6.07) is 1.47. The van der Waals surface area contributed by atoms with Gasteiger partial charge in [-0.15, -0.1) is 0 Å². The quantitative estimate of drug-likeness (QED) is 0.678. The van der Waals surface area contributed by atoms with Gasteiger partial charge in [0.05, 0.1) is 11.8 Å². The summed E-state index contributed by atoms with van der Waals surface area (Å²) in [4.78, 5) is 22.3. The molecule has 1 amide bonds. The molecule has 2 N–H and O–H groups in total. The number of hydrogen-bond donors (Lipinski definition) is 2. The second-order valence-corrected chi connectivity index (χ2v) is 3.78. The lowest BCUT2D eigenvalue weighted by Gasteiger charge is -2.04. The molecule has 0 aromatic carbocycles. The lowest BCUT2D eigenvalue weighted by atomic mass is 10.2. The van der Waals surface area contributed by atoms with Crippen LogP contribution in [0.15, 0.2) is 16.7 Å². The lowest BCUT2D eigenvalue weighted by Crippen LogP contribution is -2.25. The zero-order chi connectivity index (χ0) is 13.4. The van der Waals surface area contributed by atoms with Crippen LogP contribution in [0.5, 0.6) is 0 Å². The average molecular weight is 255 g/mol. The average Bonchev–Trinajstić information content (AvgIpc) is 2.76. The van der Waals surface area contributed by atoms with Crippen LogP contribution in [-0.2, 0) is 16.0 Å². The monoisotopic (exact) mass is 255 g/mol. The Morgan fingerprint density at radius 1 is 1.44 bits per heavy atom. The minimum absolute atomic E-state index is 0.178. The number of furan rings is 1. The Kier molecular flexibility index (Phi) is 5.93. The first-order valence-electron chi connectivity index (χ1n) is 5.70. The van der Waals surface area contributed by atoms with Gasteiger partial charge in [0.1, 0.15) is 12.2 Å². The van der Waals surface area contributed by atoms with Crippen molar-refractivity contribution in [1.82, 2.24) is 5.32 Å². The molecule has 100 valence electrons. The molecular formula is C12H17NO5. The number of carboxylic acids is 1. The Morgan fingerprint density at radius 3 is 2.89 bits per heavy atom. The van der Waals surface area contributed by atoms with Crippen LogP contribution in [0.4, 0.5) is 0 Å². The number of hydrogen-bond acceptors (Lipinski definition) is 4. The third-order valence-corrected chi connectivity index (χ3v) is 2.36. The Hall–Kier alpha value is -1.82. The van der Waals surface area contributed by atoms with Gasteiger partial charge in [0, 0.05) is 20.3 Å². The van der Waals surface area contributed by atoms with Crippen LogP contribution in [0.25, 0.3) is 0 Å². The molecule has 0 bridgehead atoms. The number of methoxy groups -OCH3 is 1. The molecule has 18 heavy (non-hydrogen) atoms. The third kappa shape index (κ3) is 4.58. The van der Waals surface area contributed by atoms with E-state index >= 15 is 0 Å². The largest absolute Gasteiger partial charge is 0.481 e. The first-order chi connectivity index (χ1) is 8.65. The maximum atomic E-state index is 11.7. The van der Waals surface area contributed by atoms with Crippen molar-refractivity contribution in [2.24, 2.45) is 0 Å². The maximum absolute atomic E-state index is 11.7. The highest BCUT2D eigenvalue weighted by Crippen LogP contribution is 2.11. The maximum Gasteiger partial charge on any atom is 0.311 e. The summed E-state index contributed by atoms with van der Waals surface area (Å²) >= 11 is 0. The molecule has 0 saturated heterocycles. The number of ether oxygens (including phenoxy) is 1. The van der Waals surface area contributed by atoms with Crippen molar-refractivity contribution in [2.75, 3.05) is 20.3 Å². The van der Waals surface area contributed by atoms with Crippen molar-refractivity contribution in [3.63, 3.8) is 0 Å². The summed E-state index contributed by atoms with van der Waals surface area (Å²) in [7, 11) is 1.63. The lowest BCUT2D eigenvalue weighted by molar-refractivity contribution is -0.136. The summed E-state index contributed by atoms with van der Waals surface area (Å²) in [5.74, 6) is -1.16. The first kappa shape index (κ1) is 14.2. The summed E-state index contributed by atoms with van der Waals surface area (Å²) in [6.07, 6.45) is 2.70. The molecule has 1 heterocycles. The molecule has 0 aliphatic carbocycles. The number of carboxylic acid groups (broad SMARTS) is 1. The van der Waals surface area contributed by atoms with E-state index in [-0.39, 0.29) is 23.7 Å². The first-order valence-corrected chi connectivity index (χ1v) is 5.70. The normalized spacial score (nSPS) is 10.3. The van der Waals surface area contributed by atoms with Gasteiger partial charge in [-0.3, -0.25) is 9.59 Å². The van der Waals surface area contributed by atoms with E-state index in [4.69, 9.17) is 14.3 Å². The third-order valence-electron chi connectivity index (χ3n) is 2.36. The van der Waals surface area contributed by atoms with E-state index in [1.165, 1.54) is 12.3 Å². The molecule has 6 nitrogen and oxygen atoms in total. The highest BCUT2D eigenvalue weighted by Gasteiger charge is 2.16. The zero-order valence-corrected chi connectivity index (χ0v) is 10.3. The fourth-order valence-corrected chi connectivity index (χ4v) is 1.49. The SMILES string of the molecule is COCCCCNC(=O)c1ccoc1CC(=O)O. The van der Waals surface area contributed by atoms with E-state index < -0.39 is 5.97 Å². The number of nitrogens with one attached hydrogen (secondary N) is 1. The van der Waals surface area contributed by atoms with Gasteiger partial charge in [-0.1, -0.05) is 0 Å². The molecular weight excluding hydrogens is 238 g/mol. The van der Waals surface area contributed by atoms with Crippen molar-refractivity contribution < 1.29 is 23.8 Å². The molecule has 0 unspecified atom stereocenters. The molecule has 0 atom stereocenters. The van der Waals surface area contributed by atoms with Gasteiger partial charge in [0.15, 0.2) is 0 Å². The van der Waals surface area contributed by atoms with Gasteiger partial charge in [-0.05, 0) is 18.9 Å². The van der Waals surface area contributed by atoms with Crippen molar-refractivity contribution in [1.29, 1.82) is 0 Å². The topological polar surface area (TPSA) is 88.8 Å². The Balaban J connectivity index is 2.41. The molecule has 0 saturated carbocycles. The van der Waals surface area contributed by atoms with Crippen molar-refractivity contribution >= 4 is 11.9 Å². The number of amides is 1. The van der Waals surface area contributed by atoms with Gasteiger partial charge >= 0.3 is 5.97 Å². The summed E-state index contributed by atoms with van der Waals surface area (Å²) in [5.41, 5.74) is 0.282. The molecule has 0 aliphatic heterocycles. The number of carbonyl (C=O) groups is 2. The molecule has 1 aromatic rings. The van der Waals surface area contributed by atoms with Crippen molar-refractivity contribution in [3.8, 4) is 0 Å². The molecule has 6 heteroatoms. The van der Waals surface area contributed by atoms with Crippen LogP contribution in [-0.4, -0.2) is 37.2 Å². The molecule has 1 rings (SSSR count).